The van der Waals surface area contributed by atoms with E-state index >= 15 is 0 Å². The first-order chi connectivity index (χ1) is 9.79. The molecular weight excluding hydrogens is 252 g/mol. The number of hydrogen-bond acceptors (Lipinski definition) is 3. The minimum atomic E-state index is -0.291. The van der Waals surface area contributed by atoms with E-state index in [4.69, 9.17) is 5.21 Å². The number of hydrogen-bond donors (Lipinski definition) is 2. The van der Waals surface area contributed by atoms with E-state index < -0.39 is 0 Å². The molecule has 0 saturated carbocycles. The fraction of sp³-hybridized carbons (Fsp3) is 0.438. The van der Waals surface area contributed by atoms with Gasteiger partial charge in [0.15, 0.2) is 0 Å². The molecule has 1 aliphatic heterocycles. The molecule has 0 unspecified atom stereocenters. The molecule has 2 N–H and O–H groups in total. The lowest BCUT2D eigenvalue weighted by Crippen LogP contribution is -2.21. The molecular formula is C16H22N2O2. The van der Waals surface area contributed by atoms with E-state index in [1.165, 1.54) is 11.1 Å². The van der Waals surface area contributed by atoms with Crippen LogP contribution in [-0.4, -0.2) is 22.6 Å². The maximum Gasteiger partial charge on any atom is 0.243 e. The second-order valence-electron chi connectivity index (χ2n) is 5.18. The average molecular weight is 274 g/mol. The van der Waals surface area contributed by atoms with Crippen molar-refractivity contribution in [1.82, 2.24) is 10.4 Å². The zero-order valence-electron chi connectivity index (χ0n) is 11.7. The van der Waals surface area contributed by atoms with Gasteiger partial charge in [-0.15, -0.1) is 0 Å². The van der Waals surface area contributed by atoms with Crippen molar-refractivity contribution in [2.45, 2.75) is 38.6 Å². The smallest absolute Gasteiger partial charge is 0.243 e. The first-order valence-corrected chi connectivity index (χ1v) is 7.22. The van der Waals surface area contributed by atoms with E-state index in [9.17, 15) is 4.79 Å². The number of fused-ring (bicyclic) bond motifs is 1. The molecule has 0 atom stereocenters. The summed E-state index contributed by atoms with van der Waals surface area (Å²) in [4.78, 5) is 13.2. The van der Waals surface area contributed by atoms with E-state index in [1.807, 2.05) is 0 Å². The highest BCUT2D eigenvalue weighted by atomic mass is 16.5. The largest absolute Gasteiger partial charge is 0.373 e. The summed E-state index contributed by atoms with van der Waals surface area (Å²) in [6.45, 7) is 2.04. The van der Waals surface area contributed by atoms with E-state index in [2.05, 4.69) is 41.4 Å². The predicted molar refractivity (Wildman–Crippen MR) is 78.9 cm³/mol. The summed E-state index contributed by atoms with van der Waals surface area (Å²) < 4.78 is 0. The number of nitrogens with zero attached hydrogens (tertiary/aromatic N) is 1. The summed E-state index contributed by atoms with van der Waals surface area (Å²) in [7, 11) is 0. The van der Waals surface area contributed by atoms with Crippen LogP contribution in [0, 0.1) is 0 Å². The third-order valence-corrected chi connectivity index (χ3v) is 3.62. The molecule has 1 aromatic rings. The lowest BCUT2D eigenvalue weighted by atomic mass is 10.0. The summed E-state index contributed by atoms with van der Waals surface area (Å²) in [5.41, 5.74) is 4.36. The number of carbonyl (C=O) groups excluding carboxylic acids is 1. The van der Waals surface area contributed by atoms with Crippen LogP contribution < -0.4 is 5.48 Å². The zero-order valence-corrected chi connectivity index (χ0v) is 11.7. The van der Waals surface area contributed by atoms with Gasteiger partial charge in [-0.3, -0.25) is 10.0 Å². The molecule has 2 rings (SSSR count). The quantitative estimate of drug-likeness (QED) is 0.456. The molecule has 4 nitrogen and oxygen atoms in total. The first kappa shape index (κ1) is 14.6. The summed E-state index contributed by atoms with van der Waals surface area (Å²) >= 11 is 0. The van der Waals surface area contributed by atoms with Gasteiger partial charge < -0.3 is 4.90 Å². The fourth-order valence-corrected chi connectivity index (χ4v) is 2.46. The van der Waals surface area contributed by atoms with Crippen LogP contribution in [0.4, 0.5) is 0 Å². The molecule has 1 heterocycles. The molecule has 4 heteroatoms. The lowest BCUT2D eigenvalue weighted by molar-refractivity contribution is -0.129. The van der Waals surface area contributed by atoms with Crippen molar-refractivity contribution >= 4 is 12.0 Å². The molecule has 20 heavy (non-hydrogen) atoms. The van der Waals surface area contributed by atoms with E-state index in [1.54, 1.807) is 5.48 Å². The molecule has 0 aliphatic carbocycles. The number of benzene rings is 1. The van der Waals surface area contributed by atoms with Crippen molar-refractivity contribution < 1.29 is 10.0 Å². The Bertz CT molecular complexity index is 471. The van der Waals surface area contributed by atoms with Crippen molar-refractivity contribution in [2.75, 3.05) is 6.54 Å². The summed E-state index contributed by atoms with van der Waals surface area (Å²) in [5.74, 6) is -0.291. The van der Waals surface area contributed by atoms with Gasteiger partial charge in [0.2, 0.25) is 5.91 Å². The molecule has 0 spiro atoms. The maximum atomic E-state index is 10.8. The van der Waals surface area contributed by atoms with Gasteiger partial charge in [0.25, 0.3) is 0 Å². The van der Waals surface area contributed by atoms with Gasteiger partial charge in [-0.05, 0) is 36.2 Å². The first-order valence-electron chi connectivity index (χ1n) is 7.22. The molecule has 1 amide bonds. The van der Waals surface area contributed by atoms with E-state index in [0.29, 0.717) is 6.42 Å². The van der Waals surface area contributed by atoms with Gasteiger partial charge in [-0.2, -0.15) is 0 Å². The van der Waals surface area contributed by atoms with Gasteiger partial charge in [-0.25, -0.2) is 5.48 Å². The van der Waals surface area contributed by atoms with Gasteiger partial charge in [0, 0.05) is 19.5 Å². The zero-order chi connectivity index (χ0) is 14.2. The van der Waals surface area contributed by atoms with Gasteiger partial charge in [0.1, 0.15) is 0 Å². The minimum Gasteiger partial charge on any atom is -0.373 e. The monoisotopic (exact) mass is 274 g/mol. The Balaban J connectivity index is 1.61. The van der Waals surface area contributed by atoms with Crippen molar-refractivity contribution in [2.24, 2.45) is 0 Å². The standard InChI is InChI=1S/C16H22N2O2/c19-16(17-20)9-3-1-2-6-11-18-12-10-14-7-4-5-8-15(14)13-18/h4-5,7-8,10,12,20H,1-3,6,9,11,13H2,(H,17,19). The Morgan fingerprint density at radius 3 is 2.85 bits per heavy atom. The SMILES string of the molecule is O=C(CCCCCCN1C=Cc2ccccc2C1)NO. The van der Waals surface area contributed by atoms with Crippen LogP contribution >= 0.6 is 0 Å². The molecule has 1 aromatic carbocycles. The van der Waals surface area contributed by atoms with Crippen LogP contribution in [-0.2, 0) is 11.3 Å². The lowest BCUT2D eigenvalue weighted by Gasteiger charge is -2.25. The highest BCUT2D eigenvalue weighted by molar-refractivity contribution is 5.74. The highest BCUT2D eigenvalue weighted by Crippen LogP contribution is 2.19. The summed E-state index contributed by atoms with van der Waals surface area (Å²) in [6, 6.07) is 8.48. The van der Waals surface area contributed by atoms with Crippen molar-refractivity contribution in [3.05, 3.63) is 41.6 Å². The third kappa shape index (κ3) is 4.38. The van der Waals surface area contributed by atoms with Crippen LogP contribution in [0.15, 0.2) is 30.5 Å². The molecule has 0 aromatic heterocycles. The Morgan fingerprint density at radius 1 is 1.20 bits per heavy atom. The Kier molecular flexibility index (Phi) is 5.62. The van der Waals surface area contributed by atoms with Crippen LogP contribution in [0.25, 0.3) is 6.08 Å². The van der Waals surface area contributed by atoms with E-state index in [0.717, 1.165) is 38.8 Å². The normalized spacial score (nSPS) is 13.2. The van der Waals surface area contributed by atoms with Crippen molar-refractivity contribution in [3.63, 3.8) is 0 Å². The second kappa shape index (κ2) is 7.70. The highest BCUT2D eigenvalue weighted by Gasteiger charge is 2.09. The number of hydroxylamine groups is 1. The molecule has 0 saturated heterocycles. The van der Waals surface area contributed by atoms with Crippen LogP contribution in [0.2, 0.25) is 0 Å². The molecule has 1 aliphatic rings. The maximum absolute atomic E-state index is 10.8. The Hall–Kier alpha value is -1.81. The number of unbranched alkanes of at least 4 members (excludes halogenated alkanes) is 3. The van der Waals surface area contributed by atoms with Crippen LogP contribution in [0.3, 0.4) is 0 Å². The van der Waals surface area contributed by atoms with Gasteiger partial charge in [0.05, 0.1) is 0 Å². The second-order valence-corrected chi connectivity index (χ2v) is 5.18. The number of carbonyl (C=O) groups is 1. The number of nitrogens with one attached hydrogen (secondary N) is 1. The predicted octanol–water partition coefficient (Wildman–Crippen LogP) is 2.93. The van der Waals surface area contributed by atoms with Gasteiger partial charge in [-0.1, -0.05) is 37.1 Å². The number of rotatable bonds is 7. The fourth-order valence-electron chi connectivity index (χ4n) is 2.46. The molecule has 0 bridgehead atoms. The van der Waals surface area contributed by atoms with Crippen molar-refractivity contribution in [3.8, 4) is 0 Å². The Morgan fingerprint density at radius 2 is 2.00 bits per heavy atom. The molecule has 0 fully saturated rings. The Labute approximate surface area is 120 Å². The van der Waals surface area contributed by atoms with Crippen molar-refractivity contribution in [1.29, 1.82) is 0 Å². The average Bonchev–Trinajstić information content (AvgIpc) is 2.50. The third-order valence-electron chi connectivity index (χ3n) is 3.62. The van der Waals surface area contributed by atoms with E-state index in [-0.39, 0.29) is 5.91 Å². The minimum absolute atomic E-state index is 0.291. The van der Waals surface area contributed by atoms with Crippen LogP contribution in [0.5, 0.6) is 0 Å². The molecule has 0 radical (unpaired) electrons. The topological polar surface area (TPSA) is 52.6 Å². The van der Waals surface area contributed by atoms with Crippen LogP contribution in [0.1, 0.15) is 43.2 Å². The summed E-state index contributed by atoms with van der Waals surface area (Å²) in [6.07, 6.45) is 8.87. The summed E-state index contributed by atoms with van der Waals surface area (Å²) in [5, 5.41) is 8.37. The van der Waals surface area contributed by atoms with Gasteiger partial charge >= 0.3 is 0 Å². The number of amides is 1. The molecule has 108 valence electrons.